The Morgan fingerprint density at radius 1 is 1.16 bits per heavy atom. The maximum atomic E-state index is 14.2. The maximum absolute atomic E-state index is 14.2. The third kappa shape index (κ3) is 8.49. The number of benzene rings is 2. The third-order valence-corrected chi connectivity index (χ3v) is 12.3. The van der Waals surface area contributed by atoms with E-state index in [2.05, 4.69) is 66.1 Å². The van der Waals surface area contributed by atoms with Crippen molar-refractivity contribution in [2.45, 2.75) is 97.7 Å². The molecule has 0 aromatic heterocycles. The quantitative estimate of drug-likeness (QED) is 0.199. The Bertz CT molecular complexity index is 1540. The molecule has 6 rings (SSSR count). The molecule has 0 unspecified atom stereocenters. The molecule has 4 aliphatic rings. The first-order valence-electron chi connectivity index (χ1n) is 18.5. The highest BCUT2D eigenvalue weighted by molar-refractivity contribution is 9.10. The van der Waals surface area contributed by atoms with E-state index in [0.29, 0.717) is 35.0 Å². The van der Waals surface area contributed by atoms with Gasteiger partial charge in [-0.15, -0.1) is 0 Å². The van der Waals surface area contributed by atoms with Crippen molar-refractivity contribution >= 4 is 27.7 Å². The summed E-state index contributed by atoms with van der Waals surface area (Å²) in [6.07, 6.45) is 1.37. The predicted octanol–water partition coefficient (Wildman–Crippen LogP) is 5.49. The molecule has 11 heteroatoms. The van der Waals surface area contributed by atoms with Gasteiger partial charge in [-0.25, -0.2) is 0 Å². The molecule has 1 aliphatic heterocycles. The lowest BCUT2D eigenvalue weighted by atomic mass is 9.45. The average molecular weight is 772 g/mol. The molecular weight excluding hydrogens is 712 g/mol. The lowest BCUT2D eigenvalue weighted by Crippen LogP contribution is -2.62. The predicted molar refractivity (Wildman–Crippen MR) is 203 cm³/mol. The first-order valence-corrected chi connectivity index (χ1v) is 19.3. The summed E-state index contributed by atoms with van der Waals surface area (Å²) in [5, 5.41) is 29.4. The number of hydrogen-bond acceptors (Lipinski definition) is 8. The number of para-hydroxylation sites is 1. The number of carbonyl (C=O) groups is 2. The van der Waals surface area contributed by atoms with E-state index in [1.807, 2.05) is 50.5 Å². The molecule has 2 amide bonds. The van der Waals surface area contributed by atoms with Gasteiger partial charge in [-0.1, -0.05) is 68.7 Å². The Morgan fingerprint density at radius 2 is 1.88 bits per heavy atom. The lowest BCUT2D eigenvalue weighted by molar-refractivity contribution is -0.183. The number of aliphatic hydroxyl groups excluding tert-OH is 2. The number of nitrogens with one attached hydrogen (secondary N) is 2. The minimum Gasteiger partial charge on any atom is -0.496 e. The highest BCUT2D eigenvalue weighted by Crippen LogP contribution is 2.61. The monoisotopic (exact) mass is 770 g/mol. The second kappa shape index (κ2) is 16.2. The molecule has 1 saturated heterocycles. The first-order chi connectivity index (χ1) is 24.0. The highest BCUT2D eigenvalue weighted by Gasteiger charge is 2.57. The van der Waals surface area contributed by atoms with Crippen molar-refractivity contribution in [3.63, 3.8) is 0 Å². The molecule has 3 saturated carbocycles. The van der Waals surface area contributed by atoms with Crippen molar-refractivity contribution in [1.82, 2.24) is 20.6 Å². The van der Waals surface area contributed by atoms with Crippen molar-refractivity contribution < 1.29 is 29.4 Å². The molecule has 2 aromatic carbocycles. The van der Waals surface area contributed by atoms with Crippen LogP contribution in [0.3, 0.4) is 0 Å². The number of aliphatic hydroxyl groups is 2. The summed E-state index contributed by atoms with van der Waals surface area (Å²) in [6.45, 7) is 13.4. The number of amides is 2. The molecule has 4 fully saturated rings. The second-order valence-corrected chi connectivity index (χ2v) is 17.4. The number of carbonyl (C=O) groups excluding carboxylic acids is 2. The number of rotatable bonds is 14. The Kier molecular flexibility index (Phi) is 12.6. The van der Waals surface area contributed by atoms with Gasteiger partial charge in [0.05, 0.1) is 26.4 Å². The summed E-state index contributed by atoms with van der Waals surface area (Å²) >= 11 is 3.63. The molecule has 2 aromatic rings. The fourth-order valence-corrected chi connectivity index (χ4v) is 9.66. The van der Waals surface area contributed by atoms with Crippen LogP contribution in [0.5, 0.6) is 5.75 Å². The zero-order valence-corrected chi connectivity index (χ0v) is 33.4. The van der Waals surface area contributed by atoms with Gasteiger partial charge in [-0.3, -0.25) is 14.4 Å². The fourth-order valence-electron chi connectivity index (χ4n) is 9.16. The van der Waals surface area contributed by atoms with Crippen LogP contribution in [0.4, 0.5) is 0 Å². The number of nitrogens with zero attached hydrogens (tertiary/aromatic N) is 2. The number of fused-ring (bicyclic) bond motifs is 2. The minimum absolute atomic E-state index is 0.00507. The molecule has 10 nitrogen and oxygen atoms in total. The van der Waals surface area contributed by atoms with Crippen molar-refractivity contribution in [3.8, 4) is 16.9 Å². The van der Waals surface area contributed by atoms with Crippen LogP contribution in [-0.4, -0.2) is 96.7 Å². The summed E-state index contributed by atoms with van der Waals surface area (Å²) in [5.41, 5.74) is 3.15. The van der Waals surface area contributed by atoms with E-state index < -0.39 is 24.2 Å². The van der Waals surface area contributed by atoms with E-state index >= 15 is 0 Å². The number of hydroxylamine groups is 2. The summed E-state index contributed by atoms with van der Waals surface area (Å²) in [5.74, 6) is 1.52. The van der Waals surface area contributed by atoms with Gasteiger partial charge in [-0.05, 0) is 93.1 Å². The van der Waals surface area contributed by atoms with E-state index in [9.17, 15) is 19.8 Å². The number of ether oxygens (including phenoxy) is 1. The summed E-state index contributed by atoms with van der Waals surface area (Å²) < 4.78 is 6.78. The average Bonchev–Trinajstić information content (AvgIpc) is 3.43. The van der Waals surface area contributed by atoms with E-state index in [1.165, 1.54) is 6.42 Å². The topological polar surface area (TPSA) is 124 Å². The zero-order valence-electron chi connectivity index (χ0n) is 31.8. The Labute approximate surface area is 312 Å². The van der Waals surface area contributed by atoms with Crippen molar-refractivity contribution in [2.24, 2.45) is 35.0 Å². The van der Waals surface area contributed by atoms with Crippen molar-refractivity contribution in [3.05, 3.63) is 52.0 Å². The van der Waals surface area contributed by atoms with Crippen molar-refractivity contribution in [2.75, 3.05) is 34.4 Å². The lowest BCUT2D eigenvalue weighted by Gasteiger charge is -2.62. The van der Waals surface area contributed by atoms with Gasteiger partial charge in [0.1, 0.15) is 17.9 Å². The molecule has 3 aliphatic carbocycles. The van der Waals surface area contributed by atoms with Crippen LogP contribution in [0, 0.1) is 35.0 Å². The fraction of sp³-hybridized carbons (Fsp3) is 0.650. The van der Waals surface area contributed by atoms with Gasteiger partial charge >= 0.3 is 0 Å². The van der Waals surface area contributed by atoms with E-state index in [1.54, 1.807) is 19.1 Å². The van der Waals surface area contributed by atoms with Gasteiger partial charge < -0.3 is 30.5 Å². The largest absolute Gasteiger partial charge is 0.496 e. The Morgan fingerprint density at radius 3 is 2.47 bits per heavy atom. The van der Waals surface area contributed by atoms with E-state index in [0.717, 1.165) is 40.5 Å². The third-order valence-electron chi connectivity index (χ3n) is 11.8. The number of methoxy groups -OCH3 is 1. The number of hydrogen-bond donors (Lipinski definition) is 4. The van der Waals surface area contributed by atoms with Crippen LogP contribution in [-0.2, 0) is 16.2 Å². The second-order valence-electron chi connectivity index (χ2n) is 16.5. The standard InChI is InChI=1S/C40H59BrN4O6/c1-22(2)13-30(20-44(7)8)42-38(48)27-14-26(15-29(41)16-27)31-12-10-11-25(37(31)50-9)19-45-36(35(24(4)47)34(21-46)51-45)39(49)43-33-18-28-17-32(23(33)3)40(28,5)6/h10-12,14-16,22-24,28,30,32-36,46-47H,13,17-21H2,1-9H3,(H,42,48)(H,43,49)/t23-,24-,28+,30-,32+,33-,34-,35+,36-/m0/s1. The van der Waals surface area contributed by atoms with Crippen molar-refractivity contribution in [1.29, 1.82) is 0 Å². The first kappa shape index (κ1) is 39.7. The maximum Gasteiger partial charge on any atom is 0.251 e. The van der Waals surface area contributed by atoms with Crippen LogP contribution in [0.2, 0.25) is 0 Å². The van der Waals surface area contributed by atoms with Gasteiger partial charge in [-0.2, -0.15) is 5.06 Å². The van der Waals surface area contributed by atoms with Crippen LogP contribution in [0.25, 0.3) is 11.1 Å². The molecule has 0 radical (unpaired) electrons. The summed E-state index contributed by atoms with van der Waals surface area (Å²) in [4.78, 5) is 36.1. The highest BCUT2D eigenvalue weighted by atomic mass is 79.9. The van der Waals surface area contributed by atoms with Crippen LogP contribution < -0.4 is 15.4 Å². The van der Waals surface area contributed by atoms with Gasteiger partial charge in [0.2, 0.25) is 5.91 Å². The van der Waals surface area contributed by atoms with Gasteiger partial charge in [0.15, 0.2) is 0 Å². The number of halogens is 1. The molecule has 2 bridgehead atoms. The van der Waals surface area contributed by atoms with Gasteiger partial charge in [0, 0.05) is 45.7 Å². The van der Waals surface area contributed by atoms with Gasteiger partial charge in [0.25, 0.3) is 5.91 Å². The summed E-state index contributed by atoms with van der Waals surface area (Å²) in [7, 11) is 5.62. The molecule has 4 N–H and O–H groups in total. The van der Waals surface area contributed by atoms with E-state index in [4.69, 9.17) is 9.57 Å². The Balaban J connectivity index is 1.41. The zero-order chi connectivity index (χ0) is 37.4. The number of likely N-dealkylation sites (N-methyl/N-ethyl adjacent to an activating group) is 1. The van der Waals surface area contributed by atoms with Crippen LogP contribution in [0.15, 0.2) is 40.9 Å². The molecule has 51 heavy (non-hydrogen) atoms. The Hall–Kier alpha value is -2.54. The summed E-state index contributed by atoms with van der Waals surface area (Å²) in [6, 6.07) is 10.7. The SMILES string of the molecule is COc1c(CN2O[C@@H](CO)[C@@H]([C@H](C)O)[C@H]2C(=O)N[C@H]2C[C@H]3C[C@H]([C@@H]2C)C3(C)C)cccc1-c1cc(Br)cc(C(=O)N[C@@H](CC(C)C)CN(C)C)c1. The molecule has 9 atom stereocenters. The van der Waals surface area contributed by atoms with Crippen LogP contribution in [0.1, 0.15) is 76.7 Å². The molecular formula is C40H59BrN4O6. The minimum atomic E-state index is -0.892. The molecule has 282 valence electrons. The smallest absolute Gasteiger partial charge is 0.251 e. The van der Waals surface area contributed by atoms with Crippen LogP contribution >= 0.6 is 15.9 Å². The molecule has 0 spiro atoms. The normalized spacial score (nSPS) is 28.3. The van der Waals surface area contributed by atoms with E-state index in [-0.39, 0.29) is 42.5 Å². The molecule has 1 heterocycles.